The Morgan fingerprint density at radius 1 is 0.256 bits per heavy atom. The molecule has 0 aliphatic rings. The molecule has 0 atom stereocenters. The molecule has 12 aromatic carbocycles. The van der Waals surface area contributed by atoms with Gasteiger partial charge in [0.2, 0.25) is 0 Å². The van der Waals surface area contributed by atoms with Crippen LogP contribution in [-0.4, -0.2) is 12.2 Å². The summed E-state index contributed by atoms with van der Waals surface area (Å²) in [5.41, 5.74) is 26.8. The molecule has 0 spiro atoms. The molecule has 0 heterocycles. The van der Waals surface area contributed by atoms with Gasteiger partial charge >= 0.3 is 0 Å². The Labute approximate surface area is 516 Å². The molecule has 12 aromatic rings. The number of ether oxygens (including phenoxy) is 1. The van der Waals surface area contributed by atoms with Gasteiger partial charge in [0.05, 0.1) is 13.7 Å². The number of aryl methyl sites for hydroxylation is 14. The first-order valence-corrected chi connectivity index (χ1v) is 29.9. The van der Waals surface area contributed by atoms with E-state index in [1.165, 1.54) is 122 Å². The third-order valence-electron chi connectivity index (χ3n) is 15.1. The van der Waals surface area contributed by atoms with E-state index in [0.29, 0.717) is 0 Å². The number of rotatable bonds is 5. The topological polar surface area (TPSA) is 29.5 Å². The van der Waals surface area contributed by atoms with Crippen LogP contribution >= 0.6 is 0 Å². The summed E-state index contributed by atoms with van der Waals surface area (Å²) in [6, 6.07) is 90.0. The van der Waals surface area contributed by atoms with E-state index in [0.717, 1.165) is 22.4 Å². The van der Waals surface area contributed by atoms with Gasteiger partial charge in [-0.15, -0.1) is 0 Å². The summed E-state index contributed by atoms with van der Waals surface area (Å²) in [4.78, 5) is 0. The Morgan fingerprint density at radius 2 is 0.605 bits per heavy atom. The van der Waals surface area contributed by atoms with Crippen molar-refractivity contribution in [2.24, 2.45) is 0 Å². The molecule has 0 unspecified atom stereocenters. The monoisotopic (exact) mass is 1130 g/mol. The van der Waals surface area contributed by atoms with Crippen molar-refractivity contribution in [2.75, 3.05) is 7.11 Å². The average molecular weight is 1130 g/mol. The molecule has 0 saturated carbocycles. The maximum absolute atomic E-state index is 8.97. The first kappa shape index (κ1) is 66.1. The molecule has 0 amide bonds. The van der Waals surface area contributed by atoms with E-state index < -0.39 is 0 Å². The highest BCUT2D eigenvalue weighted by Gasteiger charge is 2.04. The van der Waals surface area contributed by atoms with Gasteiger partial charge in [-0.05, 0) is 197 Å². The number of methoxy groups -OCH3 is 1. The van der Waals surface area contributed by atoms with E-state index in [1.807, 2.05) is 26.0 Å². The van der Waals surface area contributed by atoms with Crippen LogP contribution in [0.2, 0.25) is 0 Å². The minimum Gasteiger partial charge on any atom is -0.496 e. The second-order valence-electron chi connectivity index (χ2n) is 22.8. The molecular formula is C84H90O2. The zero-order valence-corrected chi connectivity index (χ0v) is 53.8. The zero-order valence-electron chi connectivity index (χ0n) is 53.8. The van der Waals surface area contributed by atoms with E-state index >= 15 is 0 Å². The summed E-state index contributed by atoms with van der Waals surface area (Å²) in [5.74, 6) is 0.879. The molecule has 2 nitrogen and oxygen atoms in total. The van der Waals surface area contributed by atoms with E-state index in [9.17, 15) is 0 Å². The van der Waals surface area contributed by atoms with Crippen molar-refractivity contribution < 1.29 is 9.84 Å². The van der Waals surface area contributed by atoms with Gasteiger partial charge < -0.3 is 9.84 Å². The largest absolute Gasteiger partial charge is 0.496 e. The summed E-state index contributed by atoms with van der Waals surface area (Å²) in [7, 11) is 1.65. The molecule has 1 N–H and O–H groups in total. The standard InChI is InChI=1S/3C14H14.2C12H12.C10H14O2.C8H10/c1-11-3-7-13(8-4-11)14-9-5-12(2)6-10-14;1-11-6-8-13(9-7-11)14-5-3-4-12(2)10-14;1-11-7-9-13(10-8-11)14-6-4-3-5-12(14)2;1-9-3-5-12-8-10(2)4-6-11(12)7-9;1-9-5-3-8-12-10(2)6-4-7-11(9)12;1-7-5-10(12-3)8(2)4-9(7)6-11;1-7-3-5-8(2)6-4-7/h3*3-10H,1-2H3;2*3-8H,1-2H3;4-5,11H,6H2,1-3H3;3-6H,1-2H3. The fourth-order valence-electron chi connectivity index (χ4n) is 9.68. The molecule has 0 saturated heterocycles. The van der Waals surface area contributed by atoms with Crippen LogP contribution in [-0.2, 0) is 6.61 Å². The zero-order chi connectivity index (χ0) is 62.1. The van der Waals surface area contributed by atoms with Crippen LogP contribution in [0.15, 0.2) is 255 Å². The van der Waals surface area contributed by atoms with Crippen LogP contribution in [0.3, 0.4) is 0 Å². The van der Waals surface area contributed by atoms with Gasteiger partial charge in [-0.25, -0.2) is 0 Å². The van der Waals surface area contributed by atoms with Gasteiger partial charge in [-0.3, -0.25) is 0 Å². The van der Waals surface area contributed by atoms with E-state index in [4.69, 9.17) is 9.84 Å². The van der Waals surface area contributed by atoms with Crippen LogP contribution < -0.4 is 4.74 Å². The summed E-state index contributed by atoms with van der Waals surface area (Å²) in [6.45, 7) is 29.5. The Kier molecular flexibility index (Phi) is 25.7. The van der Waals surface area contributed by atoms with Crippen molar-refractivity contribution in [3.8, 4) is 39.1 Å². The Bertz CT molecular complexity index is 3820. The molecule has 0 bridgehead atoms. The first-order valence-electron chi connectivity index (χ1n) is 29.9. The molecule has 86 heavy (non-hydrogen) atoms. The van der Waals surface area contributed by atoms with Gasteiger partial charge in [-0.2, -0.15) is 0 Å². The van der Waals surface area contributed by atoms with Crippen molar-refractivity contribution in [3.05, 3.63) is 338 Å². The lowest BCUT2D eigenvalue weighted by Crippen LogP contribution is -1.93. The number of aliphatic hydroxyl groups is 1. The maximum Gasteiger partial charge on any atom is 0.122 e. The first-order chi connectivity index (χ1) is 41.3. The van der Waals surface area contributed by atoms with E-state index in [-0.39, 0.29) is 6.61 Å². The molecule has 0 fully saturated rings. The second-order valence-corrected chi connectivity index (χ2v) is 22.8. The number of benzene rings is 12. The summed E-state index contributed by atoms with van der Waals surface area (Å²) >= 11 is 0. The second kappa shape index (κ2) is 33.4. The van der Waals surface area contributed by atoms with Gasteiger partial charge in [-0.1, -0.05) is 293 Å². The number of fused-ring (bicyclic) bond motifs is 2. The third kappa shape index (κ3) is 20.9. The molecule has 0 aliphatic carbocycles. The van der Waals surface area contributed by atoms with Gasteiger partial charge in [0.15, 0.2) is 0 Å². The molecular weight excluding hydrogens is 1040 g/mol. The maximum atomic E-state index is 8.97. The molecule has 12 rings (SSSR count). The van der Waals surface area contributed by atoms with Gasteiger partial charge in [0.1, 0.15) is 5.75 Å². The molecule has 438 valence electrons. The normalized spacial score (nSPS) is 10.1. The van der Waals surface area contributed by atoms with Crippen LogP contribution in [0.4, 0.5) is 0 Å². The van der Waals surface area contributed by atoms with E-state index in [2.05, 4.69) is 326 Å². The van der Waals surface area contributed by atoms with Crippen LogP contribution in [0, 0.1) is 96.9 Å². The lowest BCUT2D eigenvalue weighted by molar-refractivity contribution is 0.280. The SMILES string of the molecule is COc1cc(C)c(CO)cc1C.Cc1ccc(-c2ccc(C)cc2)cc1.Cc1ccc(-c2cccc(C)c2)cc1.Cc1ccc(-c2ccccc2C)cc1.Cc1ccc(C)cc1.Cc1ccc2cc(C)ccc2c1.Cc1cccc2c(C)cccc12. The lowest BCUT2D eigenvalue weighted by atomic mass is 10.00. The minimum atomic E-state index is 0.0939. The predicted molar refractivity (Wildman–Crippen MR) is 375 cm³/mol. The van der Waals surface area contributed by atoms with E-state index in [1.54, 1.807) is 7.11 Å². The Balaban J connectivity index is 0.000000161. The van der Waals surface area contributed by atoms with Crippen molar-refractivity contribution in [3.63, 3.8) is 0 Å². The highest BCUT2D eigenvalue weighted by atomic mass is 16.5. The molecule has 0 aromatic heterocycles. The Hall–Kier alpha value is -9.08. The van der Waals surface area contributed by atoms with Gasteiger partial charge in [0.25, 0.3) is 0 Å². The third-order valence-corrected chi connectivity index (χ3v) is 15.1. The van der Waals surface area contributed by atoms with Crippen molar-refractivity contribution in [2.45, 2.75) is 104 Å². The number of hydrogen-bond donors (Lipinski definition) is 1. The van der Waals surface area contributed by atoms with Crippen molar-refractivity contribution in [1.82, 2.24) is 0 Å². The quantitative estimate of drug-likeness (QED) is 0.186. The average Bonchev–Trinajstić information content (AvgIpc) is 3.63. The van der Waals surface area contributed by atoms with Crippen molar-refractivity contribution in [1.29, 1.82) is 0 Å². The number of aliphatic hydroxyl groups excluding tert-OH is 1. The van der Waals surface area contributed by atoms with Crippen LogP contribution in [0.5, 0.6) is 5.75 Å². The molecule has 2 heteroatoms. The lowest BCUT2D eigenvalue weighted by Gasteiger charge is -2.08. The minimum absolute atomic E-state index is 0.0939. The smallest absolute Gasteiger partial charge is 0.122 e. The highest BCUT2D eigenvalue weighted by molar-refractivity contribution is 5.88. The molecule has 0 radical (unpaired) electrons. The Morgan fingerprint density at radius 3 is 1.00 bits per heavy atom. The summed E-state index contributed by atoms with van der Waals surface area (Å²) < 4.78 is 5.14. The van der Waals surface area contributed by atoms with Crippen LogP contribution in [0.1, 0.15) is 83.5 Å². The molecule has 0 aliphatic heterocycles. The highest BCUT2D eigenvalue weighted by Crippen LogP contribution is 2.26. The van der Waals surface area contributed by atoms with Crippen LogP contribution in [0.25, 0.3) is 54.9 Å². The fourth-order valence-corrected chi connectivity index (χ4v) is 9.68. The summed E-state index contributed by atoms with van der Waals surface area (Å²) in [5, 5.41) is 14.4. The van der Waals surface area contributed by atoms with Gasteiger partial charge in [0, 0.05) is 0 Å². The number of hydrogen-bond acceptors (Lipinski definition) is 2. The summed E-state index contributed by atoms with van der Waals surface area (Å²) in [6.07, 6.45) is 0. The fraction of sp³-hybridized carbons (Fsp3) is 0.190. The predicted octanol–water partition coefficient (Wildman–Crippen LogP) is 22.9. The van der Waals surface area contributed by atoms with Crippen molar-refractivity contribution >= 4 is 21.5 Å².